The lowest BCUT2D eigenvalue weighted by atomic mass is 10.1. The van der Waals surface area contributed by atoms with E-state index < -0.39 is 0 Å². The Morgan fingerprint density at radius 2 is 2.21 bits per heavy atom. The van der Waals surface area contributed by atoms with Crippen molar-refractivity contribution in [3.8, 4) is 0 Å². The predicted octanol–water partition coefficient (Wildman–Crippen LogP) is 1.10. The molecule has 0 spiro atoms. The first kappa shape index (κ1) is 8.73. The van der Waals surface area contributed by atoms with Crippen LogP contribution in [0.1, 0.15) is 36.4 Å². The summed E-state index contributed by atoms with van der Waals surface area (Å²) in [6.45, 7) is 0. The molecule has 76 valence electrons. The Labute approximate surface area is 86.6 Å². The summed E-state index contributed by atoms with van der Waals surface area (Å²) < 4.78 is 5.27. The van der Waals surface area contributed by atoms with Gasteiger partial charge in [-0.15, -0.1) is 0 Å². The van der Waals surface area contributed by atoms with Crippen LogP contribution in [-0.4, -0.2) is 27.7 Å². The summed E-state index contributed by atoms with van der Waals surface area (Å²) in [5.74, 6) is 4.52. The summed E-state index contributed by atoms with van der Waals surface area (Å²) >= 11 is 1.87. The van der Waals surface area contributed by atoms with Gasteiger partial charge in [-0.1, -0.05) is 5.16 Å². The molecule has 2 fully saturated rings. The minimum absolute atomic E-state index is 0.188. The molecule has 2 atom stereocenters. The third-order valence-corrected chi connectivity index (χ3v) is 4.06. The number of rotatable bonds is 2. The van der Waals surface area contributed by atoms with Crippen molar-refractivity contribution in [1.82, 2.24) is 10.1 Å². The van der Waals surface area contributed by atoms with Crippen LogP contribution in [0, 0.1) is 0 Å². The summed E-state index contributed by atoms with van der Waals surface area (Å²) in [6.07, 6.45) is 2.43. The monoisotopic (exact) mass is 211 g/mol. The molecule has 0 bridgehead atoms. The molecule has 0 amide bonds. The van der Waals surface area contributed by atoms with E-state index in [2.05, 4.69) is 10.1 Å². The second-order valence-corrected chi connectivity index (χ2v) is 5.15. The summed E-state index contributed by atoms with van der Waals surface area (Å²) in [5.41, 5.74) is 5.96. The molecule has 3 rings (SSSR count). The van der Waals surface area contributed by atoms with E-state index in [0.29, 0.717) is 5.92 Å². The minimum atomic E-state index is 0.188. The molecule has 0 aromatic carbocycles. The van der Waals surface area contributed by atoms with Gasteiger partial charge >= 0.3 is 0 Å². The van der Waals surface area contributed by atoms with E-state index in [0.717, 1.165) is 23.2 Å². The van der Waals surface area contributed by atoms with Gasteiger partial charge in [-0.05, 0) is 12.8 Å². The van der Waals surface area contributed by atoms with Gasteiger partial charge in [0.1, 0.15) is 0 Å². The highest BCUT2D eigenvalue weighted by Crippen LogP contribution is 2.39. The first-order valence-electron chi connectivity index (χ1n) is 5.01. The third kappa shape index (κ3) is 1.44. The Hall–Kier alpha value is -0.550. The zero-order valence-electron chi connectivity index (χ0n) is 7.85. The fraction of sp³-hybridized carbons (Fsp3) is 0.778. The van der Waals surface area contributed by atoms with Gasteiger partial charge in [0.05, 0.1) is 5.92 Å². The highest BCUT2D eigenvalue weighted by atomic mass is 32.2. The number of nitrogens with zero attached hydrogens (tertiary/aromatic N) is 2. The van der Waals surface area contributed by atoms with Crippen molar-refractivity contribution in [2.75, 3.05) is 11.5 Å². The van der Waals surface area contributed by atoms with Crippen LogP contribution >= 0.6 is 11.8 Å². The molecule has 1 aromatic heterocycles. The summed E-state index contributed by atoms with van der Waals surface area (Å²) in [4.78, 5) is 4.43. The quantitative estimate of drug-likeness (QED) is 0.793. The fourth-order valence-corrected chi connectivity index (χ4v) is 3.01. The van der Waals surface area contributed by atoms with Crippen LogP contribution in [-0.2, 0) is 0 Å². The summed E-state index contributed by atoms with van der Waals surface area (Å²) in [6, 6.07) is 0.188. The predicted molar refractivity (Wildman–Crippen MR) is 54.3 cm³/mol. The molecule has 2 N–H and O–H groups in total. The summed E-state index contributed by atoms with van der Waals surface area (Å²) in [5, 5.41) is 4.01. The molecule has 0 radical (unpaired) electrons. The van der Waals surface area contributed by atoms with E-state index in [1.54, 1.807) is 0 Å². The molecular weight excluding hydrogens is 198 g/mol. The molecule has 1 aromatic rings. The van der Waals surface area contributed by atoms with Gasteiger partial charge in [-0.2, -0.15) is 16.7 Å². The lowest BCUT2D eigenvalue weighted by Crippen LogP contribution is -2.26. The Balaban J connectivity index is 1.81. The van der Waals surface area contributed by atoms with Crippen molar-refractivity contribution in [3.05, 3.63) is 11.7 Å². The van der Waals surface area contributed by atoms with Crippen LogP contribution < -0.4 is 5.73 Å². The van der Waals surface area contributed by atoms with Gasteiger partial charge in [0.15, 0.2) is 5.82 Å². The van der Waals surface area contributed by atoms with Gasteiger partial charge in [0.2, 0.25) is 5.89 Å². The molecular formula is C9H13N3OS. The first-order valence-corrected chi connectivity index (χ1v) is 6.17. The molecule has 1 aliphatic carbocycles. The number of thioether (sulfide) groups is 1. The molecule has 4 nitrogen and oxygen atoms in total. The van der Waals surface area contributed by atoms with Crippen LogP contribution in [0.4, 0.5) is 0 Å². The minimum Gasteiger partial charge on any atom is -0.339 e. The molecule has 1 saturated heterocycles. The number of aromatic nitrogens is 2. The maximum atomic E-state index is 5.96. The smallest absolute Gasteiger partial charge is 0.232 e. The Kier molecular flexibility index (Phi) is 2.02. The normalized spacial score (nSPS) is 32.4. The highest BCUT2D eigenvalue weighted by molar-refractivity contribution is 7.99. The van der Waals surface area contributed by atoms with Crippen LogP contribution in [0.5, 0.6) is 0 Å². The average Bonchev–Trinajstić information content (AvgIpc) is 2.75. The van der Waals surface area contributed by atoms with E-state index in [-0.39, 0.29) is 12.0 Å². The van der Waals surface area contributed by atoms with E-state index in [9.17, 15) is 0 Å². The van der Waals surface area contributed by atoms with Crippen molar-refractivity contribution in [1.29, 1.82) is 0 Å². The van der Waals surface area contributed by atoms with Gasteiger partial charge < -0.3 is 10.3 Å². The van der Waals surface area contributed by atoms with Gasteiger partial charge in [0, 0.05) is 23.5 Å². The highest BCUT2D eigenvalue weighted by Gasteiger charge is 2.34. The molecule has 2 heterocycles. The third-order valence-electron chi connectivity index (χ3n) is 2.84. The van der Waals surface area contributed by atoms with E-state index in [1.807, 2.05) is 11.8 Å². The zero-order chi connectivity index (χ0) is 9.54. The Morgan fingerprint density at radius 1 is 1.36 bits per heavy atom. The van der Waals surface area contributed by atoms with Crippen LogP contribution in [0.15, 0.2) is 4.52 Å². The maximum absolute atomic E-state index is 5.96. The zero-order valence-corrected chi connectivity index (χ0v) is 8.67. The number of hydrogen-bond donors (Lipinski definition) is 1. The molecule has 1 saturated carbocycles. The standard InChI is InChI=1S/C9H13N3OS/c10-7-4-14-3-6(7)9-11-8(12-13-9)5-1-2-5/h5-7H,1-4,10H2. The largest absolute Gasteiger partial charge is 0.339 e. The maximum Gasteiger partial charge on any atom is 0.232 e. The second-order valence-electron chi connectivity index (χ2n) is 4.07. The topological polar surface area (TPSA) is 64.9 Å². The molecule has 2 unspecified atom stereocenters. The van der Waals surface area contributed by atoms with Crippen molar-refractivity contribution in [2.24, 2.45) is 5.73 Å². The van der Waals surface area contributed by atoms with Crippen molar-refractivity contribution in [2.45, 2.75) is 30.7 Å². The van der Waals surface area contributed by atoms with Gasteiger partial charge in [0.25, 0.3) is 0 Å². The molecule has 1 aliphatic heterocycles. The molecule has 14 heavy (non-hydrogen) atoms. The van der Waals surface area contributed by atoms with Crippen LogP contribution in [0.3, 0.4) is 0 Å². The van der Waals surface area contributed by atoms with Crippen molar-refractivity contribution >= 4 is 11.8 Å². The summed E-state index contributed by atoms with van der Waals surface area (Å²) in [7, 11) is 0. The van der Waals surface area contributed by atoms with E-state index in [1.165, 1.54) is 12.8 Å². The van der Waals surface area contributed by atoms with Crippen LogP contribution in [0.25, 0.3) is 0 Å². The van der Waals surface area contributed by atoms with Crippen LogP contribution in [0.2, 0.25) is 0 Å². The fourth-order valence-electron chi connectivity index (χ4n) is 1.73. The second kappa shape index (κ2) is 3.24. The lowest BCUT2D eigenvalue weighted by Gasteiger charge is -2.07. The van der Waals surface area contributed by atoms with Crippen molar-refractivity contribution < 1.29 is 4.52 Å². The molecule has 2 aliphatic rings. The lowest BCUT2D eigenvalue weighted by molar-refractivity contribution is 0.348. The van der Waals surface area contributed by atoms with Crippen molar-refractivity contribution in [3.63, 3.8) is 0 Å². The first-order chi connectivity index (χ1) is 6.84. The van der Waals surface area contributed by atoms with E-state index >= 15 is 0 Å². The van der Waals surface area contributed by atoms with Gasteiger partial charge in [-0.25, -0.2) is 0 Å². The average molecular weight is 211 g/mol. The SMILES string of the molecule is NC1CSCC1c1nc(C2CC2)no1. The molecule has 5 heteroatoms. The number of hydrogen-bond acceptors (Lipinski definition) is 5. The number of nitrogens with two attached hydrogens (primary N) is 1. The Bertz CT molecular complexity index is 337. The van der Waals surface area contributed by atoms with Gasteiger partial charge in [-0.3, -0.25) is 0 Å². The van der Waals surface area contributed by atoms with E-state index in [4.69, 9.17) is 10.3 Å². The Morgan fingerprint density at radius 3 is 2.86 bits per heavy atom.